The molecule has 0 unspecified atom stereocenters. The Hall–Kier alpha value is -0.113. The predicted molar refractivity (Wildman–Crippen MR) is 50.2 cm³/mol. The standard InChI is InChI=1S/C9H18OSi/c1-6-7(2)8(6)9(10)11(3,4)5/h6-8H,1-5H3/t6-,7-/m1/s1. The molecule has 1 aliphatic carbocycles. The van der Waals surface area contributed by atoms with E-state index in [-0.39, 0.29) is 0 Å². The first-order valence-corrected chi connectivity index (χ1v) is 7.90. The number of hydrogen-bond donors (Lipinski definition) is 0. The molecule has 0 aromatic heterocycles. The lowest BCUT2D eigenvalue weighted by Gasteiger charge is -2.13. The topological polar surface area (TPSA) is 17.1 Å². The molecule has 0 amide bonds. The van der Waals surface area contributed by atoms with Crippen molar-refractivity contribution in [2.75, 3.05) is 0 Å². The van der Waals surface area contributed by atoms with Gasteiger partial charge < -0.3 is 4.79 Å². The third-order valence-corrected chi connectivity index (χ3v) is 4.68. The van der Waals surface area contributed by atoms with E-state index in [1.54, 1.807) is 0 Å². The maximum Gasteiger partial charge on any atom is 0.124 e. The molecule has 1 fully saturated rings. The second kappa shape index (κ2) is 2.44. The molecule has 0 heterocycles. The number of rotatable bonds is 2. The van der Waals surface area contributed by atoms with Crippen LogP contribution in [0.2, 0.25) is 19.6 Å². The average Bonchev–Trinajstić information content (AvgIpc) is 2.38. The number of hydrogen-bond acceptors (Lipinski definition) is 1. The molecule has 0 spiro atoms. The molecule has 1 rings (SSSR count). The van der Waals surface area contributed by atoms with Crippen molar-refractivity contribution in [1.82, 2.24) is 0 Å². The largest absolute Gasteiger partial charge is 0.305 e. The fourth-order valence-electron chi connectivity index (χ4n) is 1.64. The number of carbonyl (C=O) groups is 1. The SMILES string of the molecule is C[C@H]1C(C(=O)[Si](C)(C)C)[C@@H]1C. The molecule has 2 heteroatoms. The summed E-state index contributed by atoms with van der Waals surface area (Å²) in [4.78, 5) is 11.7. The van der Waals surface area contributed by atoms with Crippen LogP contribution in [0, 0.1) is 17.8 Å². The Morgan fingerprint density at radius 1 is 1.09 bits per heavy atom. The summed E-state index contributed by atoms with van der Waals surface area (Å²) in [5.74, 6) is 1.74. The van der Waals surface area contributed by atoms with E-state index in [0.717, 1.165) is 0 Å². The quantitative estimate of drug-likeness (QED) is 0.581. The van der Waals surface area contributed by atoms with Gasteiger partial charge in [0.2, 0.25) is 0 Å². The molecular formula is C9H18OSi. The normalized spacial score (nSPS) is 37.0. The van der Waals surface area contributed by atoms with Gasteiger partial charge in [-0.3, -0.25) is 0 Å². The summed E-state index contributed by atoms with van der Waals surface area (Å²) in [6.45, 7) is 10.8. The van der Waals surface area contributed by atoms with Crippen molar-refractivity contribution in [3.8, 4) is 0 Å². The van der Waals surface area contributed by atoms with Crippen LogP contribution in [0.25, 0.3) is 0 Å². The van der Waals surface area contributed by atoms with Crippen molar-refractivity contribution in [3.63, 3.8) is 0 Å². The van der Waals surface area contributed by atoms with Crippen LogP contribution in [-0.2, 0) is 4.79 Å². The van der Waals surface area contributed by atoms with E-state index in [2.05, 4.69) is 33.5 Å². The third kappa shape index (κ3) is 1.56. The minimum absolute atomic E-state index is 0.418. The predicted octanol–water partition coefficient (Wildman–Crippen LogP) is 2.33. The lowest BCUT2D eigenvalue weighted by Crippen LogP contribution is -2.35. The Morgan fingerprint density at radius 2 is 1.45 bits per heavy atom. The highest BCUT2D eigenvalue weighted by Gasteiger charge is 2.50. The summed E-state index contributed by atoms with van der Waals surface area (Å²) in [6.07, 6.45) is 0. The molecule has 0 aromatic carbocycles. The lowest BCUT2D eigenvalue weighted by molar-refractivity contribution is -0.114. The second-order valence-electron chi connectivity index (χ2n) is 4.86. The van der Waals surface area contributed by atoms with Gasteiger partial charge in [0.1, 0.15) is 13.5 Å². The molecule has 0 aromatic rings. The second-order valence-corrected chi connectivity index (χ2v) is 9.85. The van der Waals surface area contributed by atoms with Crippen LogP contribution in [0.4, 0.5) is 0 Å². The van der Waals surface area contributed by atoms with Gasteiger partial charge in [0.05, 0.1) is 0 Å². The highest BCUT2D eigenvalue weighted by atomic mass is 28.3. The van der Waals surface area contributed by atoms with E-state index in [9.17, 15) is 4.79 Å². The third-order valence-electron chi connectivity index (χ3n) is 2.86. The highest BCUT2D eigenvalue weighted by molar-refractivity contribution is 7.03. The molecule has 1 saturated carbocycles. The Morgan fingerprint density at radius 3 is 1.55 bits per heavy atom. The summed E-state index contributed by atoms with van der Waals surface area (Å²) in [5, 5.41) is 0.581. The van der Waals surface area contributed by atoms with Gasteiger partial charge in [-0.1, -0.05) is 33.5 Å². The van der Waals surface area contributed by atoms with Crippen LogP contribution in [0.15, 0.2) is 0 Å². The molecule has 0 saturated heterocycles. The van der Waals surface area contributed by atoms with Gasteiger partial charge in [0.15, 0.2) is 0 Å². The molecule has 0 radical (unpaired) electrons. The van der Waals surface area contributed by atoms with Crippen LogP contribution in [0.1, 0.15) is 13.8 Å². The van der Waals surface area contributed by atoms with Crippen molar-refractivity contribution in [2.24, 2.45) is 17.8 Å². The zero-order valence-corrected chi connectivity index (χ0v) is 9.14. The molecule has 11 heavy (non-hydrogen) atoms. The van der Waals surface area contributed by atoms with Gasteiger partial charge in [-0.15, -0.1) is 0 Å². The van der Waals surface area contributed by atoms with Crippen molar-refractivity contribution in [2.45, 2.75) is 33.5 Å². The van der Waals surface area contributed by atoms with Crippen LogP contribution in [0.3, 0.4) is 0 Å². The van der Waals surface area contributed by atoms with Gasteiger partial charge in [0, 0.05) is 5.92 Å². The van der Waals surface area contributed by atoms with Crippen molar-refractivity contribution in [3.05, 3.63) is 0 Å². The summed E-state index contributed by atoms with van der Waals surface area (Å²) in [7, 11) is -1.48. The molecule has 64 valence electrons. The Kier molecular flexibility index (Phi) is 1.99. The van der Waals surface area contributed by atoms with E-state index >= 15 is 0 Å². The van der Waals surface area contributed by atoms with Gasteiger partial charge >= 0.3 is 0 Å². The molecular weight excluding hydrogens is 152 g/mol. The van der Waals surface area contributed by atoms with Crippen LogP contribution in [0.5, 0.6) is 0 Å². The maximum absolute atomic E-state index is 11.7. The fourth-order valence-corrected chi connectivity index (χ4v) is 3.17. The molecule has 1 aliphatic rings. The first-order valence-electron chi connectivity index (χ1n) is 4.40. The van der Waals surface area contributed by atoms with Gasteiger partial charge in [-0.25, -0.2) is 0 Å². The summed E-state index contributed by atoms with van der Waals surface area (Å²) < 4.78 is 0. The van der Waals surface area contributed by atoms with Gasteiger partial charge in [-0.05, 0) is 11.8 Å². The maximum atomic E-state index is 11.7. The van der Waals surface area contributed by atoms with Crippen LogP contribution < -0.4 is 0 Å². The van der Waals surface area contributed by atoms with Gasteiger partial charge in [-0.2, -0.15) is 0 Å². The van der Waals surface area contributed by atoms with E-state index in [1.165, 1.54) is 0 Å². The Labute approximate surface area is 70.2 Å². The van der Waals surface area contributed by atoms with Crippen molar-refractivity contribution < 1.29 is 4.79 Å². The molecule has 1 nitrogen and oxygen atoms in total. The van der Waals surface area contributed by atoms with E-state index in [1.807, 2.05) is 0 Å². The summed E-state index contributed by atoms with van der Waals surface area (Å²) in [6, 6.07) is 0. The Balaban J connectivity index is 2.59. The summed E-state index contributed by atoms with van der Waals surface area (Å²) >= 11 is 0. The summed E-state index contributed by atoms with van der Waals surface area (Å²) in [5.41, 5.74) is 0. The van der Waals surface area contributed by atoms with E-state index < -0.39 is 8.07 Å². The highest BCUT2D eigenvalue weighted by Crippen LogP contribution is 2.47. The van der Waals surface area contributed by atoms with Gasteiger partial charge in [0.25, 0.3) is 0 Å². The lowest BCUT2D eigenvalue weighted by atomic mass is 10.4. The fraction of sp³-hybridized carbons (Fsp3) is 0.889. The molecule has 0 N–H and O–H groups in total. The van der Waals surface area contributed by atoms with Crippen LogP contribution >= 0.6 is 0 Å². The molecule has 2 atom stereocenters. The van der Waals surface area contributed by atoms with E-state index in [0.29, 0.717) is 23.2 Å². The monoisotopic (exact) mass is 170 g/mol. The zero-order valence-electron chi connectivity index (χ0n) is 8.14. The molecule has 0 bridgehead atoms. The first kappa shape index (κ1) is 8.98. The van der Waals surface area contributed by atoms with Crippen molar-refractivity contribution in [1.29, 1.82) is 0 Å². The van der Waals surface area contributed by atoms with Crippen LogP contribution in [-0.4, -0.2) is 13.5 Å². The average molecular weight is 170 g/mol. The zero-order chi connectivity index (χ0) is 8.81. The van der Waals surface area contributed by atoms with Crippen molar-refractivity contribution >= 4 is 13.5 Å². The molecule has 0 aliphatic heterocycles. The smallest absolute Gasteiger partial charge is 0.124 e. The van der Waals surface area contributed by atoms with E-state index in [4.69, 9.17) is 0 Å². The first-order chi connectivity index (χ1) is 4.85. The minimum atomic E-state index is -1.48. The Bertz CT molecular complexity index is 172. The number of carbonyl (C=O) groups excluding carboxylic acids is 1. The minimum Gasteiger partial charge on any atom is -0.305 e.